The molecule has 0 spiro atoms. The molecular formula is C23H29N3O4. The number of ether oxygens (including phenoxy) is 2. The van der Waals surface area contributed by atoms with E-state index in [4.69, 9.17) is 9.47 Å². The molecule has 1 heterocycles. The standard InChI is InChI=1S/C23H29N3O4/c1-16(27)24-18-8-10-19(11-9-18)25-23(28)20-6-4-5-13-26(20)15-17-7-12-21(29-2)22(14-17)30-3/h7-12,14,20H,4-6,13,15H2,1-3H3,(H,24,27)(H,25,28). The van der Waals surface area contributed by atoms with Gasteiger partial charge in [0, 0.05) is 24.8 Å². The van der Waals surface area contributed by atoms with Crippen LogP contribution in [0.4, 0.5) is 11.4 Å². The largest absolute Gasteiger partial charge is 0.493 e. The fourth-order valence-corrected chi connectivity index (χ4v) is 3.76. The van der Waals surface area contributed by atoms with Gasteiger partial charge in [0.2, 0.25) is 11.8 Å². The second-order valence-electron chi connectivity index (χ2n) is 7.42. The van der Waals surface area contributed by atoms with Crippen LogP contribution in [-0.4, -0.2) is 43.5 Å². The number of piperidine rings is 1. The molecule has 0 aliphatic carbocycles. The quantitative estimate of drug-likeness (QED) is 0.727. The molecule has 1 aliphatic heterocycles. The lowest BCUT2D eigenvalue weighted by Gasteiger charge is -2.34. The minimum Gasteiger partial charge on any atom is -0.493 e. The first kappa shape index (κ1) is 21.6. The summed E-state index contributed by atoms with van der Waals surface area (Å²) in [6.45, 7) is 3.00. The van der Waals surface area contributed by atoms with Crippen LogP contribution < -0.4 is 20.1 Å². The summed E-state index contributed by atoms with van der Waals surface area (Å²) in [5.74, 6) is 1.24. The summed E-state index contributed by atoms with van der Waals surface area (Å²) in [7, 11) is 3.24. The van der Waals surface area contributed by atoms with Crippen molar-refractivity contribution in [3.05, 3.63) is 48.0 Å². The molecule has 1 saturated heterocycles. The van der Waals surface area contributed by atoms with E-state index in [1.807, 2.05) is 18.2 Å². The number of anilines is 2. The third-order valence-electron chi connectivity index (χ3n) is 5.22. The van der Waals surface area contributed by atoms with Crippen LogP contribution in [0.1, 0.15) is 31.7 Å². The van der Waals surface area contributed by atoms with E-state index in [0.717, 1.165) is 31.4 Å². The summed E-state index contributed by atoms with van der Waals surface area (Å²) in [4.78, 5) is 26.3. The Balaban J connectivity index is 1.67. The number of amides is 2. The summed E-state index contributed by atoms with van der Waals surface area (Å²) < 4.78 is 10.7. The number of hydrogen-bond donors (Lipinski definition) is 2. The average Bonchev–Trinajstić information content (AvgIpc) is 2.75. The highest BCUT2D eigenvalue weighted by Crippen LogP contribution is 2.29. The van der Waals surface area contributed by atoms with Crippen LogP contribution in [0.2, 0.25) is 0 Å². The zero-order valence-electron chi connectivity index (χ0n) is 17.7. The maximum absolute atomic E-state index is 13.0. The lowest BCUT2D eigenvalue weighted by Crippen LogP contribution is -2.46. The Kier molecular flexibility index (Phi) is 7.30. The predicted octanol–water partition coefficient (Wildman–Crippen LogP) is 3.66. The zero-order valence-corrected chi connectivity index (χ0v) is 17.7. The summed E-state index contributed by atoms with van der Waals surface area (Å²) in [5, 5.41) is 5.73. The molecule has 1 unspecified atom stereocenters. The molecule has 7 heteroatoms. The minimum atomic E-state index is -0.193. The van der Waals surface area contributed by atoms with Gasteiger partial charge in [0.15, 0.2) is 11.5 Å². The molecule has 160 valence electrons. The Morgan fingerprint density at radius 3 is 2.27 bits per heavy atom. The molecule has 30 heavy (non-hydrogen) atoms. The molecule has 1 atom stereocenters. The minimum absolute atomic E-state index is 0.0116. The van der Waals surface area contributed by atoms with E-state index >= 15 is 0 Å². The summed E-state index contributed by atoms with van der Waals surface area (Å²) in [5.41, 5.74) is 2.49. The van der Waals surface area contributed by atoms with E-state index < -0.39 is 0 Å². The Morgan fingerprint density at radius 2 is 1.63 bits per heavy atom. The Morgan fingerprint density at radius 1 is 0.967 bits per heavy atom. The number of rotatable bonds is 7. The highest BCUT2D eigenvalue weighted by Gasteiger charge is 2.29. The van der Waals surface area contributed by atoms with Gasteiger partial charge in [0.25, 0.3) is 0 Å². The van der Waals surface area contributed by atoms with Crippen molar-refractivity contribution >= 4 is 23.2 Å². The van der Waals surface area contributed by atoms with Crippen LogP contribution in [0.3, 0.4) is 0 Å². The lowest BCUT2D eigenvalue weighted by molar-refractivity contribution is -0.122. The maximum Gasteiger partial charge on any atom is 0.241 e. The number of hydrogen-bond acceptors (Lipinski definition) is 5. The first-order valence-corrected chi connectivity index (χ1v) is 10.1. The van der Waals surface area contributed by atoms with Crippen molar-refractivity contribution in [2.24, 2.45) is 0 Å². The van der Waals surface area contributed by atoms with Crippen molar-refractivity contribution in [2.75, 3.05) is 31.4 Å². The topological polar surface area (TPSA) is 79.9 Å². The number of nitrogens with zero attached hydrogens (tertiary/aromatic N) is 1. The third kappa shape index (κ3) is 5.51. The van der Waals surface area contributed by atoms with Crippen LogP contribution in [0.25, 0.3) is 0 Å². The molecule has 0 saturated carbocycles. The molecule has 0 aromatic heterocycles. The fourth-order valence-electron chi connectivity index (χ4n) is 3.76. The number of likely N-dealkylation sites (tertiary alicyclic amines) is 1. The molecule has 1 aliphatic rings. The number of benzene rings is 2. The van der Waals surface area contributed by atoms with Crippen molar-refractivity contribution in [1.82, 2.24) is 4.90 Å². The zero-order chi connectivity index (χ0) is 21.5. The van der Waals surface area contributed by atoms with E-state index in [2.05, 4.69) is 15.5 Å². The van der Waals surface area contributed by atoms with Gasteiger partial charge in [-0.15, -0.1) is 0 Å². The van der Waals surface area contributed by atoms with Gasteiger partial charge in [0.05, 0.1) is 20.3 Å². The molecule has 0 bridgehead atoms. The second kappa shape index (κ2) is 10.1. The highest BCUT2D eigenvalue weighted by atomic mass is 16.5. The highest BCUT2D eigenvalue weighted by molar-refractivity contribution is 5.95. The number of methoxy groups -OCH3 is 2. The van der Waals surface area contributed by atoms with E-state index in [1.165, 1.54) is 6.92 Å². The van der Waals surface area contributed by atoms with Gasteiger partial charge >= 0.3 is 0 Å². The van der Waals surface area contributed by atoms with Crippen molar-refractivity contribution in [2.45, 2.75) is 38.8 Å². The predicted molar refractivity (Wildman–Crippen MR) is 117 cm³/mol. The van der Waals surface area contributed by atoms with Crippen molar-refractivity contribution in [3.8, 4) is 11.5 Å². The Labute approximate surface area is 177 Å². The van der Waals surface area contributed by atoms with Crippen molar-refractivity contribution in [1.29, 1.82) is 0 Å². The molecule has 1 fully saturated rings. The van der Waals surface area contributed by atoms with Gasteiger partial charge in [-0.05, 0) is 61.3 Å². The van der Waals surface area contributed by atoms with Gasteiger partial charge in [0.1, 0.15) is 0 Å². The number of carbonyl (C=O) groups excluding carboxylic acids is 2. The van der Waals surface area contributed by atoms with Crippen LogP contribution in [-0.2, 0) is 16.1 Å². The van der Waals surface area contributed by atoms with E-state index in [0.29, 0.717) is 29.4 Å². The summed E-state index contributed by atoms with van der Waals surface area (Å²) in [6, 6.07) is 12.8. The van der Waals surface area contributed by atoms with Gasteiger partial charge in [-0.3, -0.25) is 14.5 Å². The third-order valence-corrected chi connectivity index (χ3v) is 5.22. The van der Waals surface area contributed by atoms with Crippen LogP contribution >= 0.6 is 0 Å². The summed E-state index contributed by atoms with van der Waals surface area (Å²) in [6.07, 6.45) is 2.92. The summed E-state index contributed by atoms with van der Waals surface area (Å²) >= 11 is 0. The molecule has 3 rings (SSSR count). The molecular weight excluding hydrogens is 382 g/mol. The lowest BCUT2D eigenvalue weighted by atomic mass is 10.00. The van der Waals surface area contributed by atoms with Crippen molar-refractivity contribution in [3.63, 3.8) is 0 Å². The average molecular weight is 412 g/mol. The van der Waals surface area contributed by atoms with Gasteiger partial charge in [-0.2, -0.15) is 0 Å². The molecule has 2 aromatic carbocycles. The van der Waals surface area contributed by atoms with Gasteiger partial charge in [-0.1, -0.05) is 12.5 Å². The van der Waals surface area contributed by atoms with Gasteiger partial charge in [-0.25, -0.2) is 0 Å². The first-order valence-electron chi connectivity index (χ1n) is 10.1. The Bertz CT molecular complexity index is 883. The van der Waals surface area contributed by atoms with Crippen LogP contribution in [0.15, 0.2) is 42.5 Å². The number of carbonyl (C=O) groups is 2. The Hall–Kier alpha value is -3.06. The molecule has 2 aromatic rings. The second-order valence-corrected chi connectivity index (χ2v) is 7.42. The molecule has 2 N–H and O–H groups in total. The van der Waals surface area contributed by atoms with E-state index in [9.17, 15) is 9.59 Å². The fraction of sp³-hybridized carbons (Fsp3) is 0.391. The molecule has 2 amide bonds. The maximum atomic E-state index is 13.0. The first-order chi connectivity index (χ1) is 14.5. The smallest absolute Gasteiger partial charge is 0.241 e. The van der Waals surface area contributed by atoms with Crippen LogP contribution in [0, 0.1) is 0 Å². The van der Waals surface area contributed by atoms with Crippen molar-refractivity contribution < 1.29 is 19.1 Å². The van der Waals surface area contributed by atoms with E-state index in [-0.39, 0.29) is 17.9 Å². The molecule has 7 nitrogen and oxygen atoms in total. The normalized spacial score (nSPS) is 16.6. The molecule has 0 radical (unpaired) electrons. The van der Waals surface area contributed by atoms with Crippen LogP contribution in [0.5, 0.6) is 11.5 Å². The monoisotopic (exact) mass is 411 g/mol. The van der Waals surface area contributed by atoms with E-state index in [1.54, 1.807) is 38.5 Å². The SMILES string of the molecule is COc1ccc(CN2CCCCC2C(=O)Nc2ccc(NC(C)=O)cc2)cc1OC. The number of nitrogens with one attached hydrogen (secondary N) is 2. The van der Waals surface area contributed by atoms with Gasteiger partial charge < -0.3 is 20.1 Å².